The van der Waals surface area contributed by atoms with E-state index in [9.17, 15) is 19.5 Å². The van der Waals surface area contributed by atoms with Crippen molar-refractivity contribution >= 4 is 17.5 Å². The minimum Gasteiger partial charge on any atom is -0.481 e. The number of hydrogen-bond donors (Lipinski definition) is 2. The van der Waals surface area contributed by atoms with Crippen LogP contribution in [0.25, 0.3) is 0 Å². The van der Waals surface area contributed by atoms with Gasteiger partial charge >= 0.3 is 5.97 Å². The van der Waals surface area contributed by atoms with Gasteiger partial charge in [-0.3, -0.25) is 14.4 Å². The highest BCUT2D eigenvalue weighted by Crippen LogP contribution is 2.66. The Morgan fingerprint density at radius 2 is 1.86 bits per heavy atom. The Kier molecular flexibility index (Phi) is 5.20. The van der Waals surface area contributed by atoms with Crippen molar-refractivity contribution in [3.8, 4) is 0 Å². The summed E-state index contributed by atoms with van der Waals surface area (Å²) in [5.41, 5.74) is -0.520. The van der Waals surface area contributed by atoms with E-state index >= 15 is 0 Å². The standard InChI is InChI=1S/C24H36O5/c1-13(4-7-21(28)29)16-5-6-17-22-18(12-20(27)24(16,17)3)23(2)9-8-15(25)10-14(23)11-19(22)26/h13-18,22,25H,4-12H2,1-3H3,(H,28,29)/t13-,14?,15?,16-,17+,18+,22+,23+,24-/m1/s1. The van der Waals surface area contributed by atoms with Crippen LogP contribution in [0.15, 0.2) is 0 Å². The van der Waals surface area contributed by atoms with E-state index < -0.39 is 11.4 Å². The van der Waals surface area contributed by atoms with Crippen molar-refractivity contribution in [3.05, 3.63) is 0 Å². The Bertz CT molecular complexity index is 716. The number of Topliss-reactive ketones (excluding diaryl/α,β-unsaturated/α-hetero) is 2. The number of hydrogen-bond acceptors (Lipinski definition) is 4. The summed E-state index contributed by atoms with van der Waals surface area (Å²) < 4.78 is 0. The minimum absolute atomic E-state index is 0.0260. The number of carboxylic acids is 1. The van der Waals surface area contributed by atoms with Gasteiger partial charge < -0.3 is 10.2 Å². The molecule has 4 aliphatic carbocycles. The van der Waals surface area contributed by atoms with Crippen molar-refractivity contribution in [3.63, 3.8) is 0 Å². The van der Waals surface area contributed by atoms with Crippen molar-refractivity contribution in [1.82, 2.24) is 0 Å². The Morgan fingerprint density at radius 1 is 1.14 bits per heavy atom. The summed E-state index contributed by atoms with van der Waals surface area (Å²) in [6.07, 6.45) is 5.64. The second kappa shape index (κ2) is 7.18. The molecule has 9 atom stereocenters. The fourth-order valence-corrected chi connectivity index (χ4v) is 8.13. The van der Waals surface area contributed by atoms with Crippen LogP contribution in [0.5, 0.6) is 0 Å². The lowest BCUT2D eigenvalue weighted by Gasteiger charge is -2.59. The van der Waals surface area contributed by atoms with Crippen molar-refractivity contribution in [1.29, 1.82) is 0 Å². The molecule has 0 aromatic carbocycles. The molecule has 0 aromatic rings. The van der Waals surface area contributed by atoms with Crippen molar-refractivity contribution in [2.45, 2.75) is 84.7 Å². The minimum atomic E-state index is -0.785. The van der Waals surface area contributed by atoms with Gasteiger partial charge in [-0.1, -0.05) is 20.8 Å². The number of rotatable bonds is 4. The van der Waals surface area contributed by atoms with Crippen LogP contribution in [-0.4, -0.2) is 33.9 Å². The summed E-state index contributed by atoms with van der Waals surface area (Å²) >= 11 is 0. The molecular formula is C24H36O5. The SMILES string of the molecule is C[C@H](CCC(=O)O)[C@H]1CC[C@H]2[C@@H]3C(=O)CC4CC(O)CC[C@]4(C)[C@H]3CC(=O)[C@]12C. The van der Waals surface area contributed by atoms with Gasteiger partial charge in [0.25, 0.3) is 0 Å². The number of carboxylic acid groups (broad SMARTS) is 1. The molecule has 0 radical (unpaired) electrons. The predicted molar refractivity (Wildman–Crippen MR) is 108 cm³/mol. The summed E-state index contributed by atoms with van der Waals surface area (Å²) in [6.45, 7) is 6.44. The van der Waals surface area contributed by atoms with E-state index in [1.807, 2.05) is 0 Å². The van der Waals surface area contributed by atoms with Gasteiger partial charge in [0.15, 0.2) is 0 Å². The molecule has 162 valence electrons. The van der Waals surface area contributed by atoms with Crippen molar-refractivity contribution < 1.29 is 24.6 Å². The maximum Gasteiger partial charge on any atom is 0.303 e. The lowest BCUT2D eigenvalue weighted by molar-refractivity contribution is -0.168. The van der Waals surface area contributed by atoms with E-state index in [0.29, 0.717) is 37.2 Å². The molecule has 0 heterocycles. The summed E-state index contributed by atoms with van der Waals surface area (Å²) in [5, 5.41) is 19.2. The molecule has 4 saturated carbocycles. The molecule has 0 saturated heterocycles. The second-order valence-electron chi connectivity index (χ2n) is 11.0. The molecule has 0 amide bonds. The van der Waals surface area contributed by atoms with Gasteiger partial charge in [0, 0.05) is 30.6 Å². The summed E-state index contributed by atoms with van der Waals surface area (Å²) in [6, 6.07) is 0. The van der Waals surface area contributed by atoms with Gasteiger partial charge in [-0.15, -0.1) is 0 Å². The third kappa shape index (κ3) is 3.10. The maximum absolute atomic E-state index is 13.6. The molecule has 2 N–H and O–H groups in total. The highest BCUT2D eigenvalue weighted by atomic mass is 16.4. The van der Waals surface area contributed by atoms with Gasteiger partial charge in [0.05, 0.1) is 6.10 Å². The molecule has 29 heavy (non-hydrogen) atoms. The quantitative estimate of drug-likeness (QED) is 0.742. The molecule has 0 aliphatic heterocycles. The molecule has 0 aromatic heterocycles. The summed E-state index contributed by atoms with van der Waals surface area (Å²) in [7, 11) is 0. The molecule has 0 bridgehead atoms. The molecule has 5 heteroatoms. The lowest BCUT2D eigenvalue weighted by Crippen LogP contribution is -2.60. The van der Waals surface area contributed by atoms with E-state index in [1.165, 1.54) is 0 Å². The first-order valence-corrected chi connectivity index (χ1v) is 11.5. The number of aliphatic hydroxyl groups excluding tert-OH is 1. The van der Waals surface area contributed by atoms with Crippen molar-refractivity contribution in [2.24, 2.45) is 46.3 Å². The smallest absolute Gasteiger partial charge is 0.303 e. The van der Waals surface area contributed by atoms with Gasteiger partial charge in [-0.25, -0.2) is 0 Å². The normalized spacial score (nSPS) is 47.9. The fourth-order valence-electron chi connectivity index (χ4n) is 8.13. The average Bonchev–Trinajstić information content (AvgIpc) is 3.01. The Hall–Kier alpha value is -1.23. The molecule has 0 spiro atoms. The Labute approximate surface area is 173 Å². The monoisotopic (exact) mass is 404 g/mol. The lowest BCUT2D eigenvalue weighted by atomic mass is 9.43. The van der Waals surface area contributed by atoms with Gasteiger partial charge in [-0.2, -0.15) is 0 Å². The molecule has 4 aliphatic rings. The van der Waals surface area contributed by atoms with Crippen LogP contribution in [-0.2, 0) is 14.4 Å². The van der Waals surface area contributed by atoms with Crippen LogP contribution in [0.4, 0.5) is 0 Å². The van der Waals surface area contributed by atoms with Crippen LogP contribution in [0.2, 0.25) is 0 Å². The third-order valence-corrected chi connectivity index (χ3v) is 9.87. The molecule has 2 unspecified atom stereocenters. The Balaban J connectivity index is 1.62. The highest BCUT2D eigenvalue weighted by molar-refractivity contribution is 5.92. The first-order valence-electron chi connectivity index (χ1n) is 11.5. The summed E-state index contributed by atoms with van der Waals surface area (Å²) in [5.74, 6) is 0.550. The molecular weight excluding hydrogens is 368 g/mol. The topological polar surface area (TPSA) is 91.7 Å². The number of ketones is 2. The van der Waals surface area contributed by atoms with Gasteiger partial charge in [-0.05, 0) is 73.5 Å². The molecule has 5 nitrogen and oxygen atoms in total. The zero-order valence-corrected chi connectivity index (χ0v) is 18.0. The average molecular weight is 405 g/mol. The molecule has 4 fully saturated rings. The van der Waals surface area contributed by atoms with Crippen LogP contribution in [0, 0.1) is 46.3 Å². The van der Waals surface area contributed by atoms with E-state index in [2.05, 4.69) is 20.8 Å². The zero-order chi connectivity index (χ0) is 21.1. The van der Waals surface area contributed by atoms with Crippen molar-refractivity contribution in [2.75, 3.05) is 0 Å². The molecule has 4 rings (SSSR count). The zero-order valence-electron chi connectivity index (χ0n) is 18.0. The highest BCUT2D eigenvalue weighted by Gasteiger charge is 2.66. The first kappa shape index (κ1) is 21.0. The summed E-state index contributed by atoms with van der Waals surface area (Å²) in [4.78, 5) is 38.0. The Morgan fingerprint density at radius 3 is 2.55 bits per heavy atom. The number of carbonyl (C=O) groups excluding carboxylic acids is 2. The largest absolute Gasteiger partial charge is 0.481 e. The van der Waals surface area contributed by atoms with E-state index in [-0.39, 0.29) is 53.4 Å². The fraction of sp³-hybridized carbons (Fsp3) is 0.875. The first-order chi connectivity index (χ1) is 13.6. The number of fused-ring (bicyclic) bond motifs is 5. The van der Waals surface area contributed by atoms with Gasteiger partial charge in [0.2, 0.25) is 0 Å². The third-order valence-electron chi connectivity index (χ3n) is 9.87. The van der Waals surface area contributed by atoms with E-state index in [1.54, 1.807) is 0 Å². The number of aliphatic hydroxyl groups is 1. The van der Waals surface area contributed by atoms with Gasteiger partial charge in [0.1, 0.15) is 11.6 Å². The second-order valence-corrected chi connectivity index (χ2v) is 11.0. The number of aliphatic carboxylic acids is 1. The predicted octanol–water partition coefficient (Wildman–Crippen LogP) is 3.87. The van der Waals surface area contributed by atoms with Crippen LogP contribution < -0.4 is 0 Å². The van der Waals surface area contributed by atoms with Crippen LogP contribution in [0.3, 0.4) is 0 Å². The van der Waals surface area contributed by atoms with Crippen LogP contribution >= 0.6 is 0 Å². The van der Waals surface area contributed by atoms with E-state index in [0.717, 1.165) is 25.7 Å². The van der Waals surface area contributed by atoms with Crippen LogP contribution in [0.1, 0.15) is 78.6 Å². The number of carbonyl (C=O) groups is 3. The van der Waals surface area contributed by atoms with E-state index in [4.69, 9.17) is 5.11 Å². The maximum atomic E-state index is 13.6.